The quantitative estimate of drug-likeness (QED) is 0.817. The lowest BCUT2D eigenvalue weighted by molar-refractivity contribution is -0.110. The third kappa shape index (κ3) is 3.55. The van der Waals surface area contributed by atoms with E-state index in [1.807, 2.05) is 31.3 Å². The van der Waals surface area contributed by atoms with Gasteiger partial charge in [0.1, 0.15) is 0 Å². The van der Waals surface area contributed by atoms with Crippen molar-refractivity contribution in [2.45, 2.75) is 13.8 Å². The van der Waals surface area contributed by atoms with E-state index in [1.165, 1.54) is 5.69 Å². The van der Waals surface area contributed by atoms with Crippen LogP contribution in [0.25, 0.3) is 5.57 Å². The van der Waals surface area contributed by atoms with E-state index < -0.39 is 0 Å². The number of likely N-dealkylation sites (N-methyl/N-ethyl adjacent to an activating group) is 1. The molecule has 2 aliphatic heterocycles. The molecule has 2 aliphatic rings. The molecule has 2 aromatic rings. The number of rotatable bonds is 4. The van der Waals surface area contributed by atoms with E-state index in [0.717, 1.165) is 55.2 Å². The molecule has 2 N–H and O–H groups in total. The summed E-state index contributed by atoms with van der Waals surface area (Å²) in [6.45, 7) is 9.76. The summed E-state index contributed by atoms with van der Waals surface area (Å²) in [5.41, 5.74) is 5.88. The Balaban J connectivity index is 1.46. The Morgan fingerprint density at radius 3 is 2.52 bits per heavy atom. The molecule has 5 nitrogen and oxygen atoms in total. The number of nitrogens with zero attached hydrogens (tertiary/aromatic N) is 2. The number of hydrogen-bond acceptors (Lipinski definition) is 4. The van der Waals surface area contributed by atoms with Crippen LogP contribution in [0.3, 0.4) is 0 Å². The molecule has 0 unspecified atom stereocenters. The molecule has 0 aliphatic carbocycles. The molecular weight excluding hydrogens is 336 g/mol. The van der Waals surface area contributed by atoms with Gasteiger partial charge >= 0.3 is 0 Å². The van der Waals surface area contributed by atoms with Gasteiger partial charge < -0.3 is 20.4 Å². The molecule has 2 heterocycles. The highest BCUT2D eigenvalue weighted by molar-refractivity contribution is 6.32. The standard InChI is InChI=1S/C22H26N4O/c1-3-25-11-13-26(14-12-25)18-9-7-17(8-10-18)23-15-19-21-16(2)5-4-6-20(21)24-22(19)27/h4-10,15,23H,3,11-14H2,1-2H3,(H,24,27)/b19-15+. The number of nitrogens with one attached hydrogen (secondary N) is 2. The van der Waals surface area contributed by atoms with Crippen LogP contribution in [0, 0.1) is 6.92 Å². The Hall–Kier alpha value is -2.79. The smallest absolute Gasteiger partial charge is 0.257 e. The normalized spacial score (nSPS) is 18.5. The van der Waals surface area contributed by atoms with Gasteiger partial charge in [0, 0.05) is 55.0 Å². The summed E-state index contributed by atoms with van der Waals surface area (Å²) in [5.74, 6) is -0.0581. The van der Waals surface area contributed by atoms with Crippen LogP contribution in [0.2, 0.25) is 0 Å². The van der Waals surface area contributed by atoms with Gasteiger partial charge in [0.25, 0.3) is 5.91 Å². The summed E-state index contributed by atoms with van der Waals surface area (Å²) in [5, 5.41) is 6.21. The molecule has 4 rings (SSSR count). The van der Waals surface area contributed by atoms with E-state index >= 15 is 0 Å². The number of piperazine rings is 1. The largest absolute Gasteiger partial charge is 0.369 e. The number of carbonyl (C=O) groups is 1. The highest BCUT2D eigenvalue weighted by atomic mass is 16.2. The van der Waals surface area contributed by atoms with Crippen molar-refractivity contribution in [2.75, 3.05) is 48.3 Å². The molecule has 0 radical (unpaired) electrons. The summed E-state index contributed by atoms with van der Waals surface area (Å²) in [6.07, 6.45) is 1.81. The average molecular weight is 362 g/mol. The van der Waals surface area contributed by atoms with Gasteiger partial charge in [-0.1, -0.05) is 19.1 Å². The second kappa shape index (κ2) is 7.45. The van der Waals surface area contributed by atoms with Gasteiger partial charge in [0.2, 0.25) is 0 Å². The molecule has 140 valence electrons. The molecule has 0 bridgehead atoms. The van der Waals surface area contributed by atoms with Gasteiger partial charge in [-0.15, -0.1) is 0 Å². The molecule has 0 saturated carbocycles. The second-order valence-electron chi connectivity index (χ2n) is 7.12. The molecule has 0 aromatic heterocycles. The first-order chi connectivity index (χ1) is 13.2. The van der Waals surface area contributed by atoms with Crippen LogP contribution >= 0.6 is 0 Å². The van der Waals surface area contributed by atoms with Gasteiger partial charge in [-0.05, 0) is 49.4 Å². The minimum Gasteiger partial charge on any atom is -0.369 e. The van der Waals surface area contributed by atoms with Gasteiger partial charge in [-0.2, -0.15) is 0 Å². The zero-order chi connectivity index (χ0) is 18.8. The number of carbonyl (C=O) groups excluding carboxylic acids is 1. The van der Waals surface area contributed by atoms with Crippen LogP contribution in [0.15, 0.2) is 48.7 Å². The first kappa shape index (κ1) is 17.6. The van der Waals surface area contributed by atoms with E-state index in [9.17, 15) is 4.79 Å². The molecule has 2 aromatic carbocycles. The van der Waals surface area contributed by atoms with Crippen molar-refractivity contribution in [3.8, 4) is 0 Å². The highest BCUT2D eigenvalue weighted by Gasteiger charge is 2.25. The molecule has 0 atom stereocenters. The zero-order valence-corrected chi connectivity index (χ0v) is 16.0. The lowest BCUT2D eigenvalue weighted by Gasteiger charge is -2.35. The third-order valence-electron chi connectivity index (χ3n) is 5.47. The Labute approximate surface area is 160 Å². The Kier molecular flexibility index (Phi) is 4.86. The van der Waals surface area contributed by atoms with Crippen LogP contribution in [-0.4, -0.2) is 43.5 Å². The van der Waals surface area contributed by atoms with Gasteiger partial charge in [0.15, 0.2) is 0 Å². The molecule has 27 heavy (non-hydrogen) atoms. The SMILES string of the molecule is CCN1CCN(c2ccc(N/C=C3/C(=O)Nc4cccc(C)c43)cc2)CC1. The minimum absolute atomic E-state index is 0.0581. The molecule has 1 amide bonds. The monoisotopic (exact) mass is 362 g/mol. The number of anilines is 3. The number of fused-ring (bicyclic) bond motifs is 1. The zero-order valence-electron chi connectivity index (χ0n) is 16.0. The second-order valence-corrected chi connectivity index (χ2v) is 7.12. The Morgan fingerprint density at radius 1 is 1.07 bits per heavy atom. The number of hydrogen-bond donors (Lipinski definition) is 2. The predicted octanol–water partition coefficient (Wildman–Crippen LogP) is 3.54. The number of amides is 1. The van der Waals surface area contributed by atoms with Crippen LogP contribution in [0.5, 0.6) is 0 Å². The summed E-state index contributed by atoms with van der Waals surface area (Å²) < 4.78 is 0. The van der Waals surface area contributed by atoms with Gasteiger partial charge in [0.05, 0.1) is 5.57 Å². The van der Waals surface area contributed by atoms with E-state index in [1.54, 1.807) is 0 Å². The molecule has 0 spiro atoms. The first-order valence-corrected chi connectivity index (χ1v) is 9.61. The maximum Gasteiger partial charge on any atom is 0.257 e. The van der Waals surface area contributed by atoms with Crippen molar-refractivity contribution >= 4 is 28.5 Å². The van der Waals surface area contributed by atoms with E-state index in [4.69, 9.17) is 0 Å². The Bertz CT molecular complexity index is 864. The van der Waals surface area contributed by atoms with Crippen molar-refractivity contribution < 1.29 is 4.79 Å². The van der Waals surface area contributed by atoms with Crippen molar-refractivity contribution in [2.24, 2.45) is 0 Å². The fourth-order valence-corrected chi connectivity index (χ4v) is 3.82. The Morgan fingerprint density at radius 2 is 1.81 bits per heavy atom. The maximum absolute atomic E-state index is 12.3. The van der Waals surface area contributed by atoms with Gasteiger partial charge in [-0.3, -0.25) is 4.79 Å². The van der Waals surface area contributed by atoms with Gasteiger partial charge in [-0.25, -0.2) is 0 Å². The fourth-order valence-electron chi connectivity index (χ4n) is 3.82. The summed E-state index contributed by atoms with van der Waals surface area (Å²) in [6, 6.07) is 14.4. The van der Waals surface area contributed by atoms with E-state index in [-0.39, 0.29) is 5.91 Å². The van der Waals surface area contributed by atoms with Crippen molar-refractivity contribution in [1.82, 2.24) is 4.90 Å². The average Bonchev–Trinajstić information content (AvgIpc) is 3.03. The first-order valence-electron chi connectivity index (χ1n) is 9.61. The number of benzene rings is 2. The lowest BCUT2D eigenvalue weighted by atomic mass is 10.0. The van der Waals surface area contributed by atoms with Crippen molar-refractivity contribution in [1.29, 1.82) is 0 Å². The summed E-state index contributed by atoms with van der Waals surface area (Å²) in [4.78, 5) is 17.2. The lowest BCUT2D eigenvalue weighted by Crippen LogP contribution is -2.46. The van der Waals surface area contributed by atoms with Crippen LogP contribution < -0.4 is 15.5 Å². The summed E-state index contributed by atoms with van der Waals surface area (Å²) in [7, 11) is 0. The topological polar surface area (TPSA) is 47.6 Å². The van der Waals surface area contributed by atoms with E-state index in [0.29, 0.717) is 5.57 Å². The van der Waals surface area contributed by atoms with Crippen molar-refractivity contribution in [3.63, 3.8) is 0 Å². The fraction of sp³-hybridized carbons (Fsp3) is 0.318. The van der Waals surface area contributed by atoms with Crippen LogP contribution in [-0.2, 0) is 4.79 Å². The molecular formula is C22H26N4O. The molecule has 1 fully saturated rings. The maximum atomic E-state index is 12.3. The molecule has 1 saturated heterocycles. The van der Waals surface area contributed by atoms with Crippen molar-refractivity contribution in [3.05, 3.63) is 59.8 Å². The van der Waals surface area contributed by atoms with Crippen LogP contribution in [0.1, 0.15) is 18.1 Å². The molecule has 5 heteroatoms. The van der Waals surface area contributed by atoms with E-state index in [2.05, 4.69) is 51.6 Å². The summed E-state index contributed by atoms with van der Waals surface area (Å²) >= 11 is 0. The number of aryl methyl sites for hydroxylation is 1. The predicted molar refractivity (Wildman–Crippen MR) is 112 cm³/mol. The minimum atomic E-state index is -0.0581. The third-order valence-corrected chi connectivity index (χ3v) is 5.47. The van der Waals surface area contributed by atoms with Crippen LogP contribution in [0.4, 0.5) is 17.1 Å². The highest BCUT2D eigenvalue weighted by Crippen LogP contribution is 2.34.